The fraction of sp³-hybridized carbons (Fsp3) is 0.391. The summed E-state index contributed by atoms with van der Waals surface area (Å²) in [4.78, 5) is 17.2. The third kappa shape index (κ3) is 4.83. The van der Waals surface area contributed by atoms with Crippen molar-refractivity contribution in [2.45, 2.75) is 26.4 Å². The van der Waals surface area contributed by atoms with Gasteiger partial charge in [-0.2, -0.15) is 0 Å². The summed E-state index contributed by atoms with van der Waals surface area (Å²) in [7, 11) is 0. The average molecular weight is 393 g/mol. The minimum Gasteiger partial charge on any atom is -0.361 e. The summed E-state index contributed by atoms with van der Waals surface area (Å²) in [6, 6.07) is 16.5. The molecule has 29 heavy (non-hydrogen) atoms. The second-order valence-electron chi connectivity index (χ2n) is 7.84. The van der Waals surface area contributed by atoms with E-state index in [-0.39, 0.29) is 11.9 Å². The third-order valence-corrected chi connectivity index (χ3v) is 5.56. The highest BCUT2D eigenvalue weighted by Gasteiger charge is 2.21. The maximum atomic E-state index is 12.6. The molecule has 0 radical (unpaired) electrons. The Labute approximate surface area is 171 Å². The molecule has 6 heteroatoms. The molecule has 1 unspecified atom stereocenters. The molecule has 1 N–H and O–H groups in total. The summed E-state index contributed by atoms with van der Waals surface area (Å²) in [5.74, 6) is 0.918. The van der Waals surface area contributed by atoms with E-state index in [0.717, 1.165) is 49.7 Å². The highest BCUT2D eigenvalue weighted by Crippen LogP contribution is 2.24. The van der Waals surface area contributed by atoms with Crippen LogP contribution in [0.5, 0.6) is 0 Å². The van der Waals surface area contributed by atoms with Crippen LogP contribution in [-0.2, 0) is 11.3 Å². The molecule has 1 aliphatic rings. The van der Waals surface area contributed by atoms with Gasteiger partial charge in [0.15, 0.2) is 0 Å². The zero-order valence-electron chi connectivity index (χ0n) is 17.1. The maximum Gasteiger partial charge on any atom is 0.234 e. The predicted octanol–water partition coefficient (Wildman–Crippen LogP) is 3.13. The fourth-order valence-corrected chi connectivity index (χ4v) is 4.02. The molecule has 1 saturated heterocycles. The number of nitrogens with zero attached hydrogens (tertiary/aromatic N) is 3. The van der Waals surface area contributed by atoms with Crippen molar-refractivity contribution in [3.05, 3.63) is 65.5 Å². The summed E-state index contributed by atoms with van der Waals surface area (Å²) in [6.45, 7) is 8.82. The molecule has 2 heterocycles. The molecule has 1 fully saturated rings. The van der Waals surface area contributed by atoms with E-state index in [1.165, 1.54) is 10.8 Å². The molecule has 1 atom stereocenters. The van der Waals surface area contributed by atoms with Gasteiger partial charge in [0, 0.05) is 38.8 Å². The van der Waals surface area contributed by atoms with Gasteiger partial charge in [-0.05, 0) is 30.2 Å². The van der Waals surface area contributed by atoms with E-state index in [4.69, 9.17) is 4.52 Å². The first kappa shape index (κ1) is 19.6. The first-order chi connectivity index (χ1) is 14.1. The summed E-state index contributed by atoms with van der Waals surface area (Å²) >= 11 is 0. The summed E-state index contributed by atoms with van der Waals surface area (Å²) in [6.07, 6.45) is 0. The molecule has 4 rings (SSSR count). The number of carbonyl (C=O) groups excluding carboxylic acids is 1. The topological polar surface area (TPSA) is 61.6 Å². The Bertz CT molecular complexity index is 970. The van der Waals surface area contributed by atoms with Gasteiger partial charge < -0.3 is 9.84 Å². The van der Waals surface area contributed by atoms with E-state index in [2.05, 4.69) is 57.5 Å². The number of hydrogen-bond acceptors (Lipinski definition) is 5. The van der Waals surface area contributed by atoms with Crippen LogP contribution in [0.15, 0.2) is 53.1 Å². The van der Waals surface area contributed by atoms with Crippen LogP contribution >= 0.6 is 0 Å². The van der Waals surface area contributed by atoms with Gasteiger partial charge >= 0.3 is 0 Å². The van der Waals surface area contributed by atoms with Crippen LogP contribution < -0.4 is 5.32 Å². The highest BCUT2D eigenvalue weighted by molar-refractivity contribution is 5.87. The molecule has 3 aromatic rings. The number of aryl methyl sites for hydroxylation is 1. The van der Waals surface area contributed by atoms with Crippen molar-refractivity contribution in [2.24, 2.45) is 0 Å². The lowest BCUT2D eigenvalue weighted by molar-refractivity contribution is -0.123. The third-order valence-electron chi connectivity index (χ3n) is 5.56. The van der Waals surface area contributed by atoms with Crippen molar-refractivity contribution in [2.75, 3.05) is 32.7 Å². The second kappa shape index (κ2) is 8.76. The zero-order chi connectivity index (χ0) is 20.2. The SMILES string of the molecule is Cc1cc(CN2CCN(CC(=O)NC(C)c3cccc4ccccc34)CC2)no1. The Morgan fingerprint density at radius 2 is 1.83 bits per heavy atom. The second-order valence-corrected chi connectivity index (χ2v) is 7.84. The number of rotatable bonds is 6. The summed E-state index contributed by atoms with van der Waals surface area (Å²) in [5.41, 5.74) is 2.13. The van der Waals surface area contributed by atoms with Gasteiger partial charge in [-0.1, -0.05) is 47.6 Å². The average Bonchev–Trinajstić information content (AvgIpc) is 3.13. The number of carbonyl (C=O) groups is 1. The van der Waals surface area contributed by atoms with Crippen LogP contribution in [0.25, 0.3) is 10.8 Å². The normalized spacial score (nSPS) is 16.8. The first-order valence-electron chi connectivity index (χ1n) is 10.2. The van der Waals surface area contributed by atoms with E-state index in [1.54, 1.807) is 0 Å². The van der Waals surface area contributed by atoms with Crippen molar-refractivity contribution < 1.29 is 9.32 Å². The largest absolute Gasteiger partial charge is 0.361 e. The van der Waals surface area contributed by atoms with Crippen molar-refractivity contribution >= 4 is 16.7 Å². The Hall–Kier alpha value is -2.70. The minimum absolute atomic E-state index is 0.0229. The number of piperazine rings is 1. The quantitative estimate of drug-likeness (QED) is 0.698. The Balaban J connectivity index is 1.28. The van der Waals surface area contributed by atoms with Gasteiger partial charge in [0.2, 0.25) is 5.91 Å². The number of benzene rings is 2. The maximum absolute atomic E-state index is 12.6. The van der Waals surface area contributed by atoms with E-state index in [1.807, 2.05) is 25.1 Å². The Morgan fingerprint density at radius 1 is 1.10 bits per heavy atom. The lowest BCUT2D eigenvalue weighted by Crippen LogP contribution is -2.49. The number of amides is 1. The number of nitrogens with one attached hydrogen (secondary N) is 1. The molecular formula is C23H28N4O2. The monoisotopic (exact) mass is 392 g/mol. The molecule has 1 aliphatic heterocycles. The molecule has 1 aromatic heterocycles. The van der Waals surface area contributed by atoms with E-state index in [0.29, 0.717) is 6.54 Å². The van der Waals surface area contributed by atoms with Gasteiger partial charge in [-0.25, -0.2) is 0 Å². The van der Waals surface area contributed by atoms with Gasteiger partial charge in [0.25, 0.3) is 0 Å². The molecule has 152 valence electrons. The predicted molar refractivity (Wildman–Crippen MR) is 113 cm³/mol. The molecular weight excluding hydrogens is 364 g/mol. The van der Waals surface area contributed by atoms with Crippen molar-refractivity contribution in [1.82, 2.24) is 20.3 Å². The van der Waals surface area contributed by atoms with Crippen molar-refractivity contribution in [1.29, 1.82) is 0 Å². The highest BCUT2D eigenvalue weighted by atomic mass is 16.5. The number of aromatic nitrogens is 1. The van der Waals surface area contributed by atoms with Crippen molar-refractivity contribution in [3.8, 4) is 0 Å². The van der Waals surface area contributed by atoms with Crippen LogP contribution in [-0.4, -0.2) is 53.6 Å². The molecule has 0 aliphatic carbocycles. The van der Waals surface area contributed by atoms with Crippen LogP contribution in [0.3, 0.4) is 0 Å². The smallest absolute Gasteiger partial charge is 0.234 e. The summed E-state index contributed by atoms with van der Waals surface area (Å²) < 4.78 is 5.14. The lowest BCUT2D eigenvalue weighted by Gasteiger charge is -2.34. The van der Waals surface area contributed by atoms with Crippen LogP contribution in [0.1, 0.15) is 30.0 Å². The molecule has 2 aromatic carbocycles. The number of fused-ring (bicyclic) bond motifs is 1. The van der Waals surface area contributed by atoms with Crippen molar-refractivity contribution in [3.63, 3.8) is 0 Å². The fourth-order valence-electron chi connectivity index (χ4n) is 4.02. The Morgan fingerprint density at radius 3 is 2.59 bits per heavy atom. The molecule has 0 bridgehead atoms. The van der Waals surface area contributed by atoms with E-state index < -0.39 is 0 Å². The zero-order valence-corrected chi connectivity index (χ0v) is 17.1. The molecule has 0 saturated carbocycles. The van der Waals surface area contributed by atoms with Gasteiger partial charge in [0.1, 0.15) is 5.76 Å². The molecule has 0 spiro atoms. The minimum atomic E-state index is -0.0229. The van der Waals surface area contributed by atoms with Gasteiger partial charge in [0.05, 0.1) is 18.3 Å². The van der Waals surface area contributed by atoms with E-state index >= 15 is 0 Å². The molecule has 6 nitrogen and oxygen atoms in total. The van der Waals surface area contributed by atoms with Crippen LogP contribution in [0.2, 0.25) is 0 Å². The Kier molecular flexibility index (Phi) is 5.92. The van der Waals surface area contributed by atoms with Crippen LogP contribution in [0, 0.1) is 6.92 Å². The van der Waals surface area contributed by atoms with Crippen LogP contribution in [0.4, 0.5) is 0 Å². The van der Waals surface area contributed by atoms with E-state index in [9.17, 15) is 4.79 Å². The first-order valence-corrected chi connectivity index (χ1v) is 10.2. The summed E-state index contributed by atoms with van der Waals surface area (Å²) in [5, 5.41) is 9.63. The number of hydrogen-bond donors (Lipinski definition) is 1. The van der Waals surface area contributed by atoms with Gasteiger partial charge in [-0.3, -0.25) is 14.6 Å². The van der Waals surface area contributed by atoms with Gasteiger partial charge in [-0.15, -0.1) is 0 Å². The lowest BCUT2D eigenvalue weighted by atomic mass is 10.00. The standard InChI is InChI=1S/C23H28N4O2/c1-17-14-20(25-29-17)15-26-10-12-27(13-11-26)16-23(28)24-18(2)21-9-5-7-19-6-3-4-8-22(19)21/h3-9,14,18H,10-13,15-16H2,1-2H3,(H,24,28). The molecule has 1 amide bonds.